The number of fused-ring (bicyclic) bond motifs is 1. The minimum atomic E-state index is -0.374. The number of nitrogens with zero attached hydrogens (tertiary/aromatic N) is 1. The lowest BCUT2D eigenvalue weighted by atomic mass is 9.92. The minimum Gasteiger partial charge on any atom is -0.493 e. The van der Waals surface area contributed by atoms with Gasteiger partial charge in [0.05, 0.1) is 18.3 Å². The number of esters is 1. The highest BCUT2D eigenvalue weighted by molar-refractivity contribution is 8.17. The van der Waals surface area contributed by atoms with Crippen molar-refractivity contribution in [3.8, 4) is 11.5 Å². The van der Waals surface area contributed by atoms with Crippen molar-refractivity contribution in [3.05, 3.63) is 23.3 Å². The fourth-order valence-corrected chi connectivity index (χ4v) is 6.92. The second-order valence-electron chi connectivity index (χ2n) is 6.74. The Morgan fingerprint density at radius 3 is 2.64 bits per heavy atom. The Balaban J connectivity index is 2.06. The predicted octanol–water partition coefficient (Wildman–Crippen LogP) is 4.26. The first-order valence-corrected chi connectivity index (χ1v) is 11.7. The van der Waals surface area contributed by atoms with Gasteiger partial charge in [-0.25, -0.2) is 4.79 Å². The Hall–Kier alpha value is -1.54. The summed E-state index contributed by atoms with van der Waals surface area (Å²) in [4.78, 5) is 26.0. The molecule has 1 aromatic rings. The summed E-state index contributed by atoms with van der Waals surface area (Å²) < 4.78 is 16.7. The lowest BCUT2D eigenvalue weighted by molar-refractivity contribution is -0.132. The summed E-state index contributed by atoms with van der Waals surface area (Å²) in [5.74, 6) is 3.08. The van der Waals surface area contributed by atoms with Crippen molar-refractivity contribution in [2.75, 3.05) is 31.8 Å². The summed E-state index contributed by atoms with van der Waals surface area (Å²) in [7, 11) is 1.58. The molecular weight excluding hydrogens is 398 g/mol. The molecule has 3 rings (SSSR count). The number of hydrogen-bond donors (Lipinski definition) is 0. The van der Waals surface area contributed by atoms with Crippen molar-refractivity contribution >= 4 is 35.6 Å². The first kappa shape index (κ1) is 21.2. The predicted molar refractivity (Wildman–Crippen MR) is 112 cm³/mol. The smallest absolute Gasteiger partial charge is 0.410 e. The molecule has 1 amide bonds. The van der Waals surface area contributed by atoms with Crippen LogP contribution in [0.1, 0.15) is 43.7 Å². The molecule has 1 saturated heterocycles. The molecule has 1 atom stereocenters. The number of carbonyl (C=O) groups excluding carboxylic acids is 2. The van der Waals surface area contributed by atoms with E-state index in [9.17, 15) is 9.59 Å². The van der Waals surface area contributed by atoms with E-state index in [-0.39, 0.29) is 18.0 Å². The molecule has 0 aliphatic carbocycles. The quantitative estimate of drug-likeness (QED) is 0.527. The summed E-state index contributed by atoms with van der Waals surface area (Å²) >= 11 is 3.90. The second kappa shape index (κ2) is 9.78. The average Bonchev–Trinajstić information content (AvgIpc) is 2.89. The van der Waals surface area contributed by atoms with Gasteiger partial charge >= 0.3 is 12.1 Å². The Morgan fingerprint density at radius 2 is 2.00 bits per heavy atom. The van der Waals surface area contributed by atoms with E-state index in [0.717, 1.165) is 29.1 Å². The molecule has 0 saturated carbocycles. The third-order valence-electron chi connectivity index (χ3n) is 4.87. The summed E-state index contributed by atoms with van der Waals surface area (Å²) in [5.41, 5.74) is 1.98. The molecule has 0 aromatic heterocycles. The van der Waals surface area contributed by atoms with Crippen LogP contribution in [0, 0.1) is 0 Å². The summed E-state index contributed by atoms with van der Waals surface area (Å²) in [6.45, 7) is 4.61. The molecule has 28 heavy (non-hydrogen) atoms. The number of carbonyl (C=O) groups is 2. The summed E-state index contributed by atoms with van der Waals surface area (Å²) in [5, 5.41) is 0. The van der Waals surface area contributed by atoms with Crippen molar-refractivity contribution < 1.29 is 23.8 Å². The van der Waals surface area contributed by atoms with E-state index in [1.54, 1.807) is 12.0 Å². The molecule has 0 N–H and O–H groups in total. The van der Waals surface area contributed by atoms with Crippen LogP contribution < -0.4 is 9.47 Å². The maximum atomic E-state index is 12.4. The van der Waals surface area contributed by atoms with Gasteiger partial charge in [-0.05, 0) is 42.9 Å². The Kier molecular flexibility index (Phi) is 7.40. The average molecular weight is 426 g/mol. The number of thioether (sulfide) groups is 2. The van der Waals surface area contributed by atoms with Gasteiger partial charge in [0.15, 0.2) is 11.5 Å². The molecular formula is C20H27NO5S2. The lowest BCUT2D eigenvalue weighted by Crippen LogP contribution is -2.31. The first-order valence-electron chi connectivity index (χ1n) is 9.58. The van der Waals surface area contributed by atoms with E-state index in [0.29, 0.717) is 35.8 Å². The van der Waals surface area contributed by atoms with Crippen LogP contribution in [0.4, 0.5) is 4.79 Å². The summed E-state index contributed by atoms with van der Waals surface area (Å²) in [6, 6.07) is 3.79. The van der Waals surface area contributed by atoms with Crippen LogP contribution in [0.15, 0.2) is 12.1 Å². The first-order chi connectivity index (χ1) is 13.5. The van der Waals surface area contributed by atoms with Crippen LogP contribution in [0.2, 0.25) is 0 Å². The highest BCUT2D eigenvalue weighted by Gasteiger charge is 2.36. The molecule has 0 bridgehead atoms. The van der Waals surface area contributed by atoms with E-state index in [1.807, 2.05) is 42.6 Å². The fourth-order valence-electron chi connectivity index (χ4n) is 3.68. The van der Waals surface area contributed by atoms with Gasteiger partial charge in [0.25, 0.3) is 0 Å². The molecule has 1 unspecified atom stereocenters. The molecule has 2 aliphatic heterocycles. The molecule has 2 aliphatic rings. The van der Waals surface area contributed by atoms with Crippen molar-refractivity contribution in [2.45, 2.75) is 43.7 Å². The van der Waals surface area contributed by atoms with Crippen molar-refractivity contribution in [1.82, 2.24) is 4.90 Å². The van der Waals surface area contributed by atoms with Gasteiger partial charge in [-0.1, -0.05) is 6.07 Å². The largest absolute Gasteiger partial charge is 0.493 e. The standard InChI is InChI=1S/C20H27NO5S2/c1-4-25-20(23)21-9-8-15(19-27-10-5-11-28-19)17-14(12-21)6-7-16(24-3)18(17)26-13(2)22/h6-7,15,19H,4-5,8-12H2,1-3H3. The number of methoxy groups -OCH3 is 1. The number of amides is 1. The zero-order valence-electron chi connectivity index (χ0n) is 16.6. The van der Waals surface area contributed by atoms with Crippen LogP contribution >= 0.6 is 23.5 Å². The van der Waals surface area contributed by atoms with Crippen molar-refractivity contribution in [1.29, 1.82) is 0 Å². The minimum absolute atomic E-state index is 0.161. The van der Waals surface area contributed by atoms with Crippen molar-refractivity contribution in [3.63, 3.8) is 0 Å². The molecule has 1 aromatic carbocycles. The fraction of sp³-hybridized carbons (Fsp3) is 0.600. The zero-order chi connectivity index (χ0) is 20.1. The molecule has 2 heterocycles. The van der Waals surface area contributed by atoms with Gasteiger partial charge in [0.1, 0.15) is 0 Å². The van der Waals surface area contributed by atoms with Crippen LogP contribution in [-0.2, 0) is 16.1 Å². The van der Waals surface area contributed by atoms with Crippen LogP contribution in [0.25, 0.3) is 0 Å². The van der Waals surface area contributed by atoms with E-state index in [2.05, 4.69) is 0 Å². The van der Waals surface area contributed by atoms with Gasteiger partial charge < -0.3 is 19.1 Å². The number of rotatable bonds is 4. The molecule has 0 spiro atoms. The monoisotopic (exact) mass is 425 g/mol. The third kappa shape index (κ3) is 4.71. The topological polar surface area (TPSA) is 65.1 Å². The zero-order valence-corrected chi connectivity index (χ0v) is 18.2. The molecule has 6 nitrogen and oxygen atoms in total. The van der Waals surface area contributed by atoms with Gasteiger partial charge in [-0.15, -0.1) is 23.5 Å². The Bertz CT molecular complexity index is 721. The SMILES string of the molecule is CCOC(=O)N1CCC(C2SCCCS2)c2c(ccc(OC)c2OC(C)=O)C1. The molecule has 1 fully saturated rings. The summed E-state index contributed by atoms with van der Waals surface area (Å²) in [6.07, 6.45) is 1.69. The Morgan fingerprint density at radius 1 is 1.25 bits per heavy atom. The van der Waals surface area contributed by atoms with Gasteiger partial charge in [0.2, 0.25) is 0 Å². The molecule has 154 valence electrons. The Labute approximate surface area is 174 Å². The van der Waals surface area contributed by atoms with Gasteiger partial charge in [-0.2, -0.15) is 0 Å². The van der Waals surface area contributed by atoms with E-state index >= 15 is 0 Å². The lowest BCUT2D eigenvalue weighted by Gasteiger charge is -2.31. The van der Waals surface area contributed by atoms with Gasteiger partial charge in [-0.3, -0.25) is 4.79 Å². The highest BCUT2D eigenvalue weighted by Crippen LogP contribution is 2.49. The van der Waals surface area contributed by atoms with Crippen LogP contribution in [0.3, 0.4) is 0 Å². The van der Waals surface area contributed by atoms with E-state index < -0.39 is 0 Å². The second-order valence-corrected chi connectivity index (χ2v) is 9.54. The maximum absolute atomic E-state index is 12.4. The van der Waals surface area contributed by atoms with E-state index in [1.165, 1.54) is 13.3 Å². The molecule has 0 radical (unpaired) electrons. The maximum Gasteiger partial charge on any atom is 0.410 e. The number of hydrogen-bond acceptors (Lipinski definition) is 7. The van der Waals surface area contributed by atoms with Gasteiger partial charge in [0, 0.05) is 31.5 Å². The van der Waals surface area contributed by atoms with Crippen molar-refractivity contribution in [2.24, 2.45) is 0 Å². The molecule has 8 heteroatoms. The highest BCUT2D eigenvalue weighted by atomic mass is 32.2. The number of benzene rings is 1. The number of ether oxygens (including phenoxy) is 3. The van der Waals surface area contributed by atoms with Crippen LogP contribution in [-0.4, -0.2) is 53.3 Å². The van der Waals surface area contributed by atoms with Crippen LogP contribution in [0.5, 0.6) is 11.5 Å². The normalized spacial score (nSPS) is 20.1. The van der Waals surface area contributed by atoms with E-state index in [4.69, 9.17) is 14.2 Å². The third-order valence-corrected chi connectivity index (χ3v) is 8.04.